The summed E-state index contributed by atoms with van der Waals surface area (Å²) in [5.41, 5.74) is 3.25. The number of nitrogens with zero attached hydrogens (tertiary/aromatic N) is 1. The molecule has 1 aromatic heterocycles. The first kappa shape index (κ1) is 15.7. The third-order valence-electron chi connectivity index (χ3n) is 6.18. The largest absolute Gasteiger partial charge is 0.392 e. The summed E-state index contributed by atoms with van der Waals surface area (Å²) < 4.78 is 0. The van der Waals surface area contributed by atoms with Crippen LogP contribution in [-0.4, -0.2) is 40.1 Å². The maximum atomic E-state index is 12.9. The maximum Gasteiger partial charge on any atom is 0.227 e. The normalized spacial score (nSPS) is 27.2. The highest BCUT2D eigenvalue weighted by Crippen LogP contribution is 2.45. The molecule has 24 heavy (non-hydrogen) atoms. The van der Waals surface area contributed by atoms with Crippen molar-refractivity contribution in [1.29, 1.82) is 0 Å². The molecule has 1 spiro atoms. The van der Waals surface area contributed by atoms with Gasteiger partial charge in [0.1, 0.15) is 0 Å². The minimum Gasteiger partial charge on any atom is -0.392 e. The van der Waals surface area contributed by atoms with Crippen LogP contribution >= 0.6 is 0 Å². The number of likely N-dealkylation sites (tertiary alicyclic amines) is 1. The Morgan fingerprint density at radius 1 is 1.33 bits per heavy atom. The number of fused-ring (bicyclic) bond motifs is 1. The summed E-state index contributed by atoms with van der Waals surface area (Å²) in [4.78, 5) is 18.3. The SMILES string of the molecule is Cc1[nH]c2ccccc2c1CC(=O)N1CCC[C@]2(CCC[C@H]2O)C1. The standard InChI is InChI=1S/C20H26N2O2/c1-14-16(15-6-2-3-7-17(15)21-14)12-19(24)22-11-5-10-20(13-22)9-4-8-18(20)23/h2-3,6-7,18,21,23H,4-5,8-13H2,1H3/t18-,20-/m1/s1. The summed E-state index contributed by atoms with van der Waals surface area (Å²) in [5, 5.41) is 11.6. The average molecular weight is 326 g/mol. The van der Waals surface area contributed by atoms with Crippen LogP contribution in [0.3, 0.4) is 0 Å². The van der Waals surface area contributed by atoms with Gasteiger partial charge in [0.15, 0.2) is 0 Å². The van der Waals surface area contributed by atoms with E-state index in [4.69, 9.17) is 0 Å². The molecule has 1 amide bonds. The lowest BCUT2D eigenvalue weighted by Gasteiger charge is -2.42. The number of nitrogens with one attached hydrogen (secondary N) is 1. The second-order valence-electron chi connectivity index (χ2n) is 7.64. The molecule has 4 heteroatoms. The van der Waals surface area contributed by atoms with Crippen molar-refractivity contribution >= 4 is 16.8 Å². The van der Waals surface area contributed by atoms with Crippen molar-refractivity contribution in [1.82, 2.24) is 9.88 Å². The first-order valence-electron chi connectivity index (χ1n) is 9.11. The number of hydrogen-bond donors (Lipinski definition) is 2. The number of carbonyl (C=O) groups excluding carboxylic acids is 1. The Bertz CT molecular complexity index is 766. The molecule has 2 heterocycles. The Morgan fingerprint density at radius 2 is 2.12 bits per heavy atom. The van der Waals surface area contributed by atoms with E-state index in [0.29, 0.717) is 6.42 Å². The number of aliphatic hydroxyl groups is 1. The molecule has 0 unspecified atom stereocenters. The lowest BCUT2D eigenvalue weighted by Crippen LogP contribution is -2.49. The highest BCUT2D eigenvalue weighted by Gasteiger charge is 2.45. The number of piperidine rings is 1. The summed E-state index contributed by atoms with van der Waals surface area (Å²) in [5.74, 6) is 0.195. The van der Waals surface area contributed by atoms with Gasteiger partial charge in [-0.2, -0.15) is 0 Å². The Balaban J connectivity index is 1.54. The van der Waals surface area contributed by atoms with Gasteiger partial charge in [-0.25, -0.2) is 0 Å². The number of aryl methyl sites for hydroxylation is 1. The summed E-state index contributed by atoms with van der Waals surface area (Å²) >= 11 is 0. The van der Waals surface area contributed by atoms with Crippen LogP contribution < -0.4 is 0 Å². The minimum atomic E-state index is -0.233. The third-order valence-corrected chi connectivity index (χ3v) is 6.18. The van der Waals surface area contributed by atoms with E-state index >= 15 is 0 Å². The van der Waals surface area contributed by atoms with Crippen molar-refractivity contribution < 1.29 is 9.90 Å². The number of carbonyl (C=O) groups is 1. The number of H-pyrrole nitrogens is 1. The van der Waals surface area contributed by atoms with Crippen LogP contribution in [0.15, 0.2) is 24.3 Å². The fourth-order valence-corrected chi connectivity index (χ4v) is 4.79. The number of rotatable bonds is 2. The first-order valence-corrected chi connectivity index (χ1v) is 9.11. The molecular formula is C20H26N2O2. The van der Waals surface area contributed by atoms with Crippen LogP contribution in [0.25, 0.3) is 10.9 Å². The van der Waals surface area contributed by atoms with Gasteiger partial charge in [-0.3, -0.25) is 4.79 Å². The Labute approximate surface area is 142 Å². The molecule has 1 aliphatic carbocycles. The molecule has 2 aromatic rings. The Morgan fingerprint density at radius 3 is 2.92 bits per heavy atom. The smallest absolute Gasteiger partial charge is 0.227 e. The van der Waals surface area contributed by atoms with E-state index in [1.54, 1.807) is 0 Å². The van der Waals surface area contributed by atoms with Crippen LogP contribution in [0, 0.1) is 12.3 Å². The number of benzene rings is 1. The van der Waals surface area contributed by atoms with E-state index in [2.05, 4.69) is 17.1 Å². The maximum absolute atomic E-state index is 12.9. The topological polar surface area (TPSA) is 56.3 Å². The van der Waals surface area contributed by atoms with Gasteiger partial charge in [-0.1, -0.05) is 24.6 Å². The summed E-state index contributed by atoms with van der Waals surface area (Å²) in [6.07, 6.45) is 5.32. The number of aromatic amines is 1. The molecule has 2 N–H and O–H groups in total. The van der Waals surface area contributed by atoms with Crippen LogP contribution in [-0.2, 0) is 11.2 Å². The molecule has 1 aromatic carbocycles. The Hall–Kier alpha value is -1.81. The van der Waals surface area contributed by atoms with E-state index in [0.717, 1.165) is 67.4 Å². The minimum absolute atomic E-state index is 0.0385. The van der Waals surface area contributed by atoms with Gasteiger partial charge in [0.2, 0.25) is 5.91 Å². The van der Waals surface area contributed by atoms with Crippen molar-refractivity contribution in [2.24, 2.45) is 5.41 Å². The van der Waals surface area contributed by atoms with Gasteiger partial charge >= 0.3 is 0 Å². The number of amides is 1. The van der Waals surface area contributed by atoms with Crippen LogP contribution in [0.4, 0.5) is 0 Å². The van der Waals surface area contributed by atoms with Gasteiger partial charge in [-0.15, -0.1) is 0 Å². The first-order chi connectivity index (χ1) is 11.6. The van der Waals surface area contributed by atoms with Gasteiger partial charge in [0, 0.05) is 35.1 Å². The number of hydrogen-bond acceptors (Lipinski definition) is 2. The van der Waals surface area contributed by atoms with Crippen molar-refractivity contribution in [3.8, 4) is 0 Å². The van der Waals surface area contributed by atoms with Crippen molar-refractivity contribution in [3.63, 3.8) is 0 Å². The molecule has 128 valence electrons. The van der Waals surface area contributed by atoms with Crippen molar-refractivity contribution in [3.05, 3.63) is 35.5 Å². The van der Waals surface area contributed by atoms with Crippen LogP contribution in [0.2, 0.25) is 0 Å². The lowest BCUT2D eigenvalue weighted by molar-refractivity contribution is -0.135. The predicted molar refractivity (Wildman–Crippen MR) is 94.8 cm³/mol. The molecule has 2 atom stereocenters. The zero-order valence-electron chi connectivity index (χ0n) is 14.3. The highest BCUT2D eigenvalue weighted by molar-refractivity contribution is 5.90. The highest BCUT2D eigenvalue weighted by atomic mass is 16.3. The predicted octanol–water partition coefficient (Wildman–Crippen LogP) is 3.17. The molecule has 0 radical (unpaired) electrons. The molecule has 1 saturated heterocycles. The second kappa shape index (κ2) is 5.92. The zero-order chi connectivity index (χ0) is 16.7. The molecule has 4 rings (SSSR count). The summed E-state index contributed by atoms with van der Waals surface area (Å²) in [6.45, 7) is 3.60. The monoisotopic (exact) mass is 326 g/mol. The zero-order valence-corrected chi connectivity index (χ0v) is 14.3. The van der Waals surface area contributed by atoms with Crippen LogP contribution in [0.5, 0.6) is 0 Å². The molecule has 1 aliphatic heterocycles. The second-order valence-corrected chi connectivity index (χ2v) is 7.64. The molecule has 2 fully saturated rings. The summed E-state index contributed by atoms with van der Waals surface area (Å²) in [7, 11) is 0. The molecule has 2 aliphatic rings. The lowest BCUT2D eigenvalue weighted by atomic mass is 9.76. The van der Waals surface area contributed by atoms with Gasteiger partial charge < -0.3 is 15.0 Å². The van der Waals surface area contributed by atoms with Gasteiger partial charge in [-0.05, 0) is 44.2 Å². The van der Waals surface area contributed by atoms with Crippen molar-refractivity contribution in [2.45, 2.75) is 51.6 Å². The van der Waals surface area contributed by atoms with E-state index in [1.165, 1.54) is 0 Å². The quantitative estimate of drug-likeness (QED) is 0.890. The molecule has 0 bridgehead atoms. The molecular weight excluding hydrogens is 300 g/mol. The molecule has 1 saturated carbocycles. The molecule has 4 nitrogen and oxygen atoms in total. The number of aromatic nitrogens is 1. The van der Waals surface area contributed by atoms with Crippen LogP contribution in [0.1, 0.15) is 43.4 Å². The fourth-order valence-electron chi connectivity index (χ4n) is 4.79. The van der Waals surface area contributed by atoms with E-state index in [9.17, 15) is 9.90 Å². The average Bonchev–Trinajstić information content (AvgIpc) is 3.08. The summed E-state index contributed by atoms with van der Waals surface area (Å²) in [6, 6.07) is 8.18. The fraction of sp³-hybridized carbons (Fsp3) is 0.550. The number of aliphatic hydroxyl groups excluding tert-OH is 1. The Kier molecular flexibility index (Phi) is 3.87. The van der Waals surface area contributed by atoms with Gasteiger partial charge in [0.25, 0.3) is 0 Å². The number of para-hydroxylation sites is 1. The van der Waals surface area contributed by atoms with E-state index < -0.39 is 0 Å². The van der Waals surface area contributed by atoms with Crippen molar-refractivity contribution in [2.75, 3.05) is 13.1 Å². The van der Waals surface area contributed by atoms with Gasteiger partial charge in [0.05, 0.1) is 12.5 Å². The third kappa shape index (κ3) is 2.53. The van der Waals surface area contributed by atoms with E-state index in [-0.39, 0.29) is 17.4 Å². The van der Waals surface area contributed by atoms with E-state index in [1.807, 2.05) is 24.0 Å².